The van der Waals surface area contributed by atoms with E-state index in [0.29, 0.717) is 12.0 Å². The van der Waals surface area contributed by atoms with Gasteiger partial charge in [0.15, 0.2) is 0 Å². The van der Waals surface area contributed by atoms with Gasteiger partial charge in [0.05, 0.1) is 0 Å². The van der Waals surface area contributed by atoms with Gasteiger partial charge in [-0.15, -0.1) is 0 Å². The van der Waals surface area contributed by atoms with Gasteiger partial charge in [0.2, 0.25) is 0 Å². The zero-order valence-electron chi connectivity index (χ0n) is 10.1. The molecule has 0 unspecified atom stereocenters. The maximum atomic E-state index is 9.93. The fourth-order valence-electron chi connectivity index (χ4n) is 1.81. The summed E-state index contributed by atoms with van der Waals surface area (Å²) in [6, 6.07) is 11.6. The number of phenolic OH excluding ortho intramolecular Hbond substituents is 2. The molecule has 0 saturated heterocycles. The largest absolute Gasteiger partial charge is 0.508 e. The maximum Gasteiger partial charge on any atom is 0.125 e. The second-order valence-corrected chi connectivity index (χ2v) is 4.38. The molecule has 0 fully saturated rings. The van der Waals surface area contributed by atoms with Crippen LogP contribution in [-0.4, -0.2) is 10.2 Å². The van der Waals surface area contributed by atoms with Crippen molar-refractivity contribution >= 4 is 0 Å². The van der Waals surface area contributed by atoms with E-state index >= 15 is 0 Å². The topological polar surface area (TPSA) is 40.5 Å². The first-order valence-corrected chi connectivity index (χ1v) is 5.64. The molecular weight excluding hydrogens is 212 g/mol. The Bertz CT molecular complexity index is 527. The van der Waals surface area contributed by atoms with Crippen molar-refractivity contribution in [1.82, 2.24) is 0 Å². The summed E-state index contributed by atoms with van der Waals surface area (Å²) in [6.07, 6.45) is 0.674. The van der Waals surface area contributed by atoms with Crippen LogP contribution in [-0.2, 0) is 6.42 Å². The van der Waals surface area contributed by atoms with Crippen molar-refractivity contribution in [1.29, 1.82) is 0 Å². The highest BCUT2D eigenvalue weighted by Gasteiger charge is 2.08. The van der Waals surface area contributed by atoms with E-state index in [4.69, 9.17) is 0 Å². The third-order valence-corrected chi connectivity index (χ3v) is 3.00. The molecule has 0 aromatic heterocycles. The highest BCUT2D eigenvalue weighted by Crippen LogP contribution is 2.30. The maximum absolute atomic E-state index is 9.93. The lowest BCUT2D eigenvalue weighted by Crippen LogP contribution is -1.91. The van der Waals surface area contributed by atoms with E-state index in [2.05, 4.69) is 24.3 Å². The van der Waals surface area contributed by atoms with Crippen LogP contribution in [0.4, 0.5) is 0 Å². The van der Waals surface area contributed by atoms with Crippen LogP contribution in [0.3, 0.4) is 0 Å². The summed E-state index contributed by atoms with van der Waals surface area (Å²) in [5.41, 5.74) is 3.75. The average Bonchev–Trinajstić information content (AvgIpc) is 2.33. The van der Waals surface area contributed by atoms with Crippen LogP contribution < -0.4 is 0 Å². The number of hydrogen-bond donors (Lipinski definition) is 2. The quantitative estimate of drug-likeness (QED) is 0.828. The average molecular weight is 228 g/mol. The van der Waals surface area contributed by atoms with Crippen LogP contribution in [0.5, 0.6) is 11.5 Å². The molecule has 88 valence electrons. The Balaban J connectivity index is 2.30. The molecule has 2 heteroatoms. The molecule has 2 aromatic carbocycles. The van der Waals surface area contributed by atoms with Gasteiger partial charge in [-0.2, -0.15) is 0 Å². The van der Waals surface area contributed by atoms with E-state index in [9.17, 15) is 10.2 Å². The third kappa shape index (κ3) is 2.41. The van der Waals surface area contributed by atoms with Gasteiger partial charge in [-0.05, 0) is 31.0 Å². The Morgan fingerprint density at radius 3 is 2.18 bits per heavy atom. The molecule has 0 bridgehead atoms. The first-order chi connectivity index (χ1) is 8.08. The standard InChI is InChI=1S/C15H16O2/c1-10-3-5-12(6-4-10)9-13-7-8-14(16)11(2)15(13)17/h3-8,16-17H,9H2,1-2H3. The molecule has 0 heterocycles. The Morgan fingerprint density at radius 2 is 1.53 bits per heavy atom. The SMILES string of the molecule is Cc1ccc(Cc2ccc(O)c(C)c2O)cc1. The van der Waals surface area contributed by atoms with Crippen LogP contribution in [0, 0.1) is 13.8 Å². The third-order valence-electron chi connectivity index (χ3n) is 3.00. The van der Waals surface area contributed by atoms with E-state index in [1.165, 1.54) is 5.56 Å². The minimum Gasteiger partial charge on any atom is -0.508 e. The monoisotopic (exact) mass is 228 g/mol. The summed E-state index contributed by atoms with van der Waals surface area (Å²) >= 11 is 0. The van der Waals surface area contributed by atoms with E-state index < -0.39 is 0 Å². The second kappa shape index (κ2) is 4.50. The summed E-state index contributed by atoms with van der Waals surface area (Å²) < 4.78 is 0. The van der Waals surface area contributed by atoms with Gasteiger partial charge in [0.1, 0.15) is 11.5 Å². The van der Waals surface area contributed by atoms with Gasteiger partial charge < -0.3 is 10.2 Å². The van der Waals surface area contributed by atoms with Crippen LogP contribution >= 0.6 is 0 Å². The van der Waals surface area contributed by atoms with Crippen molar-refractivity contribution in [2.45, 2.75) is 20.3 Å². The number of benzene rings is 2. The smallest absolute Gasteiger partial charge is 0.125 e. The van der Waals surface area contributed by atoms with Crippen molar-refractivity contribution in [3.8, 4) is 11.5 Å². The van der Waals surface area contributed by atoms with Gasteiger partial charge in [0, 0.05) is 12.0 Å². The van der Waals surface area contributed by atoms with Crippen LogP contribution in [0.2, 0.25) is 0 Å². The van der Waals surface area contributed by atoms with Gasteiger partial charge in [-0.1, -0.05) is 35.9 Å². The summed E-state index contributed by atoms with van der Waals surface area (Å²) in [4.78, 5) is 0. The molecule has 0 aliphatic heterocycles. The van der Waals surface area contributed by atoms with E-state index in [1.807, 2.05) is 6.92 Å². The highest BCUT2D eigenvalue weighted by atomic mass is 16.3. The van der Waals surface area contributed by atoms with Crippen molar-refractivity contribution in [3.05, 3.63) is 58.7 Å². The molecule has 0 amide bonds. The molecule has 2 nitrogen and oxygen atoms in total. The molecule has 2 aromatic rings. The molecule has 0 spiro atoms. The lowest BCUT2D eigenvalue weighted by atomic mass is 10.0. The zero-order chi connectivity index (χ0) is 12.4. The first-order valence-electron chi connectivity index (χ1n) is 5.64. The number of phenols is 2. The second-order valence-electron chi connectivity index (χ2n) is 4.38. The Labute approximate surface area is 101 Å². The first kappa shape index (κ1) is 11.5. The molecule has 0 aliphatic rings. The molecule has 2 rings (SSSR count). The van der Waals surface area contributed by atoms with Crippen molar-refractivity contribution < 1.29 is 10.2 Å². The van der Waals surface area contributed by atoms with Gasteiger partial charge >= 0.3 is 0 Å². The van der Waals surface area contributed by atoms with Gasteiger partial charge in [-0.3, -0.25) is 0 Å². The summed E-state index contributed by atoms with van der Waals surface area (Å²) in [5, 5.41) is 19.4. The molecule has 0 atom stereocenters. The minimum absolute atomic E-state index is 0.134. The van der Waals surface area contributed by atoms with Crippen molar-refractivity contribution in [2.24, 2.45) is 0 Å². The van der Waals surface area contributed by atoms with Crippen LogP contribution in [0.1, 0.15) is 22.3 Å². The van der Waals surface area contributed by atoms with E-state index in [1.54, 1.807) is 19.1 Å². The minimum atomic E-state index is 0.134. The Morgan fingerprint density at radius 1 is 0.882 bits per heavy atom. The number of aromatic hydroxyl groups is 2. The molecule has 2 N–H and O–H groups in total. The molecule has 0 aliphatic carbocycles. The lowest BCUT2D eigenvalue weighted by molar-refractivity contribution is 0.439. The predicted molar refractivity (Wildman–Crippen MR) is 68.5 cm³/mol. The number of aryl methyl sites for hydroxylation is 1. The van der Waals surface area contributed by atoms with E-state index in [0.717, 1.165) is 11.1 Å². The molecule has 0 radical (unpaired) electrons. The van der Waals surface area contributed by atoms with Crippen LogP contribution in [0.15, 0.2) is 36.4 Å². The van der Waals surface area contributed by atoms with Crippen molar-refractivity contribution in [2.75, 3.05) is 0 Å². The zero-order valence-corrected chi connectivity index (χ0v) is 10.1. The summed E-state index contributed by atoms with van der Waals surface area (Å²) in [5.74, 6) is 0.320. The summed E-state index contributed by atoms with van der Waals surface area (Å²) in [6.45, 7) is 3.76. The fourth-order valence-corrected chi connectivity index (χ4v) is 1.81. The highest BCUT2D eigenvalue weighted by molar-refractivity contribution is 5.49. The van der Waals surface area contributed by atoms with Crippen molar-refractivity contribution in [3.63, 3.8) is 0 Å². The number of rotatable bonds is 2. The normalized spacial score (nSPS) is 10.5. The number of hydrogen-bond acceptors (Lipinski definition) is 2. The van der Waals surface area contributed by atoms with Gasteiger partial charge in [-0.25, -0.2) is 0 Å². The fraction of sp³-hybridized carbons (Fsp3) is 0.200. The van der Waals surface area contributed by atoms with E-state index in [-0.39, 0.29) is 11.5 Å². The predicted octanol–water partition coefficient (Wildman–Crippen LogP) is 3.31. The molecular formula is C15H16O2. The van der Waals surface area contributed by atoms with Gasteiger partial charge in [0.25, 0.3) is 0 Å². The van der Waals surface area contributed by atoms with Crippen LogP contribution in [0.25, 0.3) is 0 Å². The lowest BCUT2D eigenvalue weighted by Gasteiger charge is -2.09. The molecule has 17 heavy (non-hydrogen) atoms. The Kier molecular flexibility index (Phi) is 3.05. The summed E-state index contributed by atoms with van der Waals surface area (Å²) in [7, 11) is 0. The Hall–Kier alpha value is -1.96. The molecule has 0 saturated carbocycles.